The minimum absolute atomic E-state index is 0.0524. The van der Waals surface area contributed by atoms with Gasteiger partial charge in [-0.15, -0.1) is 0 Å². The number of fused-ring (bicyclic) bond motifs is 1. The normalized spacial score (nSPS) is 20.6. The number of ether oxygens (including phenoxy) is 3. The van der Waals surface area contributed by atoms with E-state index in [1.165, 1.54) is 11.0 Å². The maximum absolute atomic E-state index is 12.4. The van der Waals surface area contributed by atoms with Gasteiger partial charge in [0.15, 0.2) is 11.5 Å². The molecule has 0 atom stereocenters. The number of likely N-dealkylation sites (tertiary alicyclic amines) is 1. The van der Waals surface area contributed by atoms with E-state index in [0.717, 1.165) is 5.56 Å². The molecule has 0 unspecified atom stereocenters. The van der Waals surface area contributed by atoms with Crippen molar-refractivity contribution in [2.45, 2.75) is 18.9 Å². The van der Waals surface area contributed by atoms with E-state index in [1.807, 2.05) is 18.2 Å². The molecule has 2 fully saturated rings. The third kappa shape index (κ3) is 3.66. The van der Waals surface area contributed by atoms with Crippen molar-refractivity contribution >= 4 is 23.8 Å². The van der Waals surface area contributed by atoms with Gasteiger partial charge in [0.25, 0.3) is 11.8 Å². The highest BCUT2D eigenvalue weighted by Gasteiger charge is 2.35. The summed E-state index contributed by atoms with van der Waals surface area (Å²) in [4.78, 5) is 39.3. The van der Waals surface area contributed by atoms with Gasteiger partial charge in [0, 0.05) is 25.2 Å². The second kappa shape index (κ2) is 7.40. The zero-order valence-electron chi connectivity index (χ0n) is 14.8. The third-order valence-electron chi connectivity index (χ3n) is 4.94. The predicted molar refractivity (Wildman–Crippen MR) is 93.9 cm³/mol. The third-order valence-corrected chi connectivity index (χ3v) is 4.94. The second-order valence-corrected chi connectivity index (χ2v) is 6.65. The molecular formula is C19H20N2O6. The number of hydrogen-bond donors (Lipinski definition) is 0. The first-order chi connectivity index (χ1) is 13.1. The van der Waals surface area contributed by atoms with Gasteiger partial charge in [-0.05, 0) is 36.6 Å². The molecule has 0 aliphatic carbocycles. The lowest BCUT2D eigenvalue weighted by Gasteiger charge is -2.38. The number of carbonyl (C=O) groups is 3. The van der Waals surface area contributed by atoms with Crippen LogP contribution >= 0.6 is 0 Å². The average Bonchev–Trinajstić information content (AvgIpc) is 3.14. The molecule has 0 bridgehead atoms. The molecule has 142 valence electrons. The number of hydrogen-bond acceptors (Lipinski definition) is 6. The fourth-order valence-corrected chi connectivity index (χ4v) is 3.55. The Kier molecular flexibility index (Phi) is 4.81. The molecule has 1 aromatic carbocycles. The van der Waals surface area contributed by atoms with E-state index >= 15 is 0 Å². The van der Waals surface area contributed by atoms with Gasteiger partial charge in [0.1, 0.15) is 13.2 Å². The maximum Gasteiger partial charge on any atom is 0.255 e. The summed E-state index contributed by atoms with van der Waals surface area (Å²) in [6.07, 6.45) is 4.44. The molecule has 3 aliphatic rings. The van der Waals surface area contributed by atoms with Gasteiger partial charge in [0.2, 0.25) is 12.7 Å². The number of piperidine rings is 1. The van der Waals surface area contributed by atoms with Crippen molar-refractivity contribution in [1.82, 2.24) is 9.80 Å². The summed E-state index contributed by atoms with van der Waals surface area (Å²) in [5, 5.41) is 0. The Labute approximate surface area is 156 Å². The number of nitrogens with zero attached hydrogens (tertiary/aromatic N) is 2. The Morgan fingerprint density at radius 2 is 1.74 bits per heavy atom. The molecule has 0 N–H and O–H groups in total. The molecular weight excluding hydrogens is 352 g/mol. The highest BCUT2D eigenvalue weighted by molar-refractivity contribution is 5.98. The van der Waals surface area contributed by atoms with Crippen LogP contribution < -0.4 is 9.47 Å². The molecule has 4 rings (SSSR count). The molecule has 3 aliphatic heterocycles. The first-order valence-electron chi connectivity index (χ1n) is 8.91. The SMILES string of the molecule is O=C(/C=C/c1ccc2c(c1)OCO2)N1CCC(N2C(=O)COCC2=O)CC1. The average molecular weight is 372 g/mol. The van der Waals surface area contributed by atoms with Gasteiger partial charge in [0.05, 0.1) is 0 Å². The summed E-state index contributed by atoms with van der Waals surface area (Å²) >= 11 is 0. The quantitative estimate of drug-likeness (QED) is 0.577. The summed E-state index contributed by atoms with van der Waals surface area (Å²) in [7, 11) is 0. The summed E-state index contributed by atoms with van der Waals surface area (Å²) in [5.74, 6) is 0.696. The lowest BCUT2D eigenvalue weighted by molar-refractivity contribution is -0.162. The lowest BCUT2D eigenvalue weighted by atomic mass is 10.0. The van der Waals surface area contributed by atoms with E-state index in [9.17, 15) is 14.4 Å². The van der Waals surface area contributed by atoms with Crippen molar-refractivity contribution in [3.05, 3.63) is 29.8 Å². The van der Waals surface area contributed by atoms with Gasteiger partial charge in [-0.3, -0.25) is 19.3 Å². The predicted octanol–water partition coefficient (Wildman–Crippen LogP) is 0.805. The van der Waals surface area contributed by atoms with Crippen LogP contribution in [0.3, 0.4) is 0 Å². The summed E-state index contributed by atoms with van der Waals surface area (Å²) < 4.78 is 15.5. The van der Waals surface area contributed by atoms with E-state index in [-0.39, 0.29) is 43.8 Å². The molecule has 8 heteroatoms. The number of carbonyl (C=O) groups excluding carboxylic acids is 3. The number of benzene rings is 1. The van der Waals surface area contributed by atoms with Crippen molar-refractivity contribution in [2.24, 2.45) is 0 Å². The number of amides is 3. The fraction of sp³-hybridized carbons (Fsp3) is 0.421. The minimum atomic E-state index is -0.293. The van der Waals surface area contributed by atoms with Crippen molar-refractivity contribution < 1.29 is 28.6 Å². The monoisotopic (exact) mass is 372 g/mol. The van der Waals surface area contributed by atoms with Crippen LogP contribution in [0, 0.1) is 0 Å². The van der Waals surface area contributed by atoms with Crippen molar-refractivity contribution in [3.63, 3.8) is 0 Å². The number of rotatable bonds is 3. The highest BCUT2D eigenvalue weighted by atomic mass is 16.7. The van der Waals surface area contributed by atoms with Crippen molar-refractivity contribution in [1.29, 1.82) is 0 Å². The Morgan fingerprint density at radius 3 is 2.48 bits per heavy atom. The molecule has 0 saturated carbocycles. The van der Waals surface area contributed by atoms with Crippen LogP contribution in [0.15, 0.2) is 24.3 Å². The molecule has 3 amide bonds. The molecule has 8 nitrogen and oxygen atoms in total. The van der Waals surface area contributed by atoms with Crippen LogP contribution in [0.2, 0.25) is 0 Å². The lowest BCUT2D eigenvalue weighted by Crippen LogP contribution is -2.55. The molecule has 27 heavy (non-hydrogen) atoms. The van der Waals surface area contributed by atoms with E-state index in [4.69, 9.17) is 14.2 Å². The van der Waals surface area contributed by atoms with Crippen LogP contribution in [-0.4, -0.2) is 66.7 Å². The molecule has 0 radical (unpaired) electrons. The van der Waals surface area contributed by atoms with Crippen LogP contribution in [0.25, 0.3) is 6.08 Å². The largest absolute Gasteiger partial charge is 0.454 e. The zero-order chi connectivity index (χ0) is 18.8. The van der Waals surface area contributed by atoms with Crippen LogP contribution in [-0.2, 0) is 19.1 Å². The van der Waals surface area contributed by atoms with E-state index in [1.54, 1.807) is 11.0 Å². The summed E-state index contributed by atoms with van der Waals surface area (Å²) in [6.45, 7) is 1.12. The highest BCUT2D eigenvalue weighted by Crippen LogP contribution is 2.32. The van der Waals surface area contributed by atoms with Gasteiger partial charge < -0.3 is 19.1 Å². The first kappa shape index (κ1) is 17.5. The number of morpholine rings is 1. The summed E-state index contributed by atoms with van der Waals surface area (Å²) in [5.41, 5.74) is 0.854. The topological polar surface area (TPSA) is 85.4 Å². The Morgan fingerprint density at radius 1 is 1.04 bits per heavy atom. The van der Waals surface area contributed by atoms with Gasteiger partial charge in [-0.25, -0.2) is 0 Å². The van der Waals surface area contributed by atoms with E-state index in [0.29, 0.717) is 37.4 Å². The van der Waals surface area contributed by atoms with E-state index < -0.39 is 0 Å². The van der Waals surface area contributed by atoms with Gasteiger partial charge in [-0.1, -0.05) is 6.07 Å². The minimum Gasteiger partial charge on any atom is -0.454 e. The van der Waals surface area contributed by atoms with Crippen molar-refractivity contribution in [2.75, 3.05) is 33.1 Å². The Balaban J connectivity index is 1.33. The molecule has 0 spiro atoms. The van der Waals surface area contributed by atoms with Gasteiger partial charge in [-0.2, -0.15) is 0 Å². The Hall–Kier alpha value is -2.87. The first-order valence-corrected chi connectivity index (χ1v) is 8.91. The zero-order valence-corrected chi connectivity index (χ0v) is 14.8. The smallest absolute Gasteiger partial charge is 0.255 e. The number of imide groups is 1. The second-order valence-electron chi connectivity index (χ2n) is 6.65. The van der Waals surface area contributed by atoms with Crippen LogP contribution in [0.5, 0.6) is 11.5 Å². The molecule has 0 aromatic heterocycles. The molecule has 3 heterocycles. The van der Waals surface area contributed by atoms with Crippen molar-refractivity contribution in [3.8, 4) is 11.5 Å². The van der Waals surface area contributed by atoms with Gasteiger partial charge >= 0.3 is 0 Å². The fourth-order valence-electron chi connectivity index (χ4n) is 3.55. The van der Waals surface area contributed by atoms with E-state index in [2.05, 4.69) is 0 Å². The maximum atomic E-state index is 12.4. The molecule has 2 saturated heterocycles. The standard InChI is InChI=1S/C19H20N2O6/c22-17(4-2-13-1-3-15-16(9-13)27-12-26-15)20-7-5-14(6-8-20)21-18(23)10-25-11-19(21)24/h1-4,9,14H,5-8,10-12H2/b4-2+. The summed E-state index contributed by atoms with van der Waals surface area (Å²) in [6, 6.07) is 5.34. The van der Waals surface area contributed by atoms with Crippen LogP contribution in [0.1, 0.15) is 18.4 Å². The van der Waals surface area contributed by atoms with Crippen LogP contribution in [0.4, 0.5) is 0 Å². The molecule has 1 aromatic rings. The Bertz CT molecular complexity index is 781.